The van der Waals surface area contributed by atoms with Crippen LogP contribution in [0.1, 0.15) is 43.0 Å². The van der Waals surface area contributed by atoms with E-state index in [1.54, 1.807) is 0 Å². The Morgan fingerprint density at radius 3 is 2.86 bits per heavy atom. The SMILES string of the molecule is CCn1ccnc1[C@H]1OCCC[C@@H]1NCc1c(C)nn(C)c1N1CCOCC1. The van der Waals surface area contributed by atoms with Crippen molar-refractivity contribution in [2.45, 2.75) is 51.9 Å². The summed E-state index contributed by atoms with van der Waals surface area (Å²) in [6, 6.07) is 0.249. The topological polar surface area (TPSA) is 69.4 Å². The lowest BCUT2D eigenvalue weighted by Crippen LogP contribution is -2.41. The van der Waals surface area contributed by atoms with Crippen LogP contribution in [0.4, 0.5) is 5.82 Å². The van der Waals surface area contributed by atoms with Crippen LogP contribution in [0, 0.1) is 6.92 Å². The molecule has 0 spiro atoms. The number of hydrogen-bond donors (Lipinski definition) is 1. The third-order valence-corrected chi connectivity index (χ3v) is 5.83. The molecule has 0 amide bonds. The first-order valence-corrected chi connectivity index (χ1v) is 10.4. The van der Waals surface area contributed by atoms with Crippen molar-refractivity contribution in [1.82, 2.24) is 24.6 Å². The van der Waals surface area contributed by atoms with Crippen molar-refractivity contribution in [3.8, 4) is 0 Å². The zero-order valence-corrected chi connectivity index (χ0v) is 17.2. The molecule has 2 aliphatic heterocycles. The fourth-order valence-corrected chi connectivity index (χ4v) is 4.39. The first-order valence-electron chi connectivity index (χ1n) is 10.4. The summed E-state index contributed by atoms with van der Waals surface area (Å²) in [5.74, 6) is 2.23. The number of aromatic nitrogens is 4. The third kappa shape index (κ3) is 3.81. The summed E-state index contributed by atoms with van der Waals surface area (Å²) in [6.45, 7) is 10.1. The van der Waals surface area contributed by atoms with E-state index in [0.29, 0.717) is 0 Å². The quantitative estimate of drug-likeness (QED) is 0.814. The fraction of sp³-hybridized carbons (Fsp3) is 0.700. The predicted octanol–water partition coefficient (Wildman–Crippen LogP) is 1.79. The molecule has 0 unspecified atom stereocenters. The van der Waals surface area contributed by atoms with E-state index >= 15 is 0 Å². The van der Waals surface area contributed by atoms with Gasteiger partial charge in [-0.3, -0.25) is 4.68 Å². The van der Waals surface area contributed by atoms with E-state index in [4.69, 9.17) is 14.6 Å². The van der Waals surface area contributed by atoms with Crippen molar-refractivity contribution in [3.05, 3.63) is 29.5 Å². The molecule has 0 saturated carbocycles. The van der Waals surface area contributed by atoms with Crippen LogP contribution in [0.15, 0.2) is 12.4 Å². The van der Waals surface area contributed by atoms with Crippen molar-refractivity contribution in [1.29, 1.82) is 0 Å². The molecule has 2 aliphatic rings. The Hall–Kier alpha value is -1.90. The van der Waals surface area contributed by atoms with Gasteiger partial charge in [-0.1, -0.05) is 0 Å². The second kappa shape index (κ2) is 8.63. The van der Waals surface area contributed by atoms with Gasteiger partial charge in [0.2, 0.25) is 0 Å². The smallest absolute Gasteiger partial charge is 0.139 e. The molecule has 4 heterocycles. The van der Waals surface area contributed by atoms with Gasteiger partial charge in [-0.25, -0.2) is 4.98 Å². The Morgan fingerprint density at radius 1 is 1.25 bits per heavy atom. The Labute approximate surface area is 166 Å². The number of nitrogens with zero attached hydrogens (tertiary/aromatic N) is 5. The maximum absolute atomic E-state index is 6.15. The number of imidazole rings is 1. The summed E-state index contributed by atoms with van der Waals surface area (Å²) >= 11 is 0. The van der Waals surface area contributed by atoms with E-state index in [2.05, 4.69) is 33.6 Å². The highest BCUT2D eigenvalue weighted by molar-refractivity contribution is 5.50. The van der Waals surface area contributed by atoms with Gasteiger partial charge >= 0.3 is 0 Å². The van der Waals surface area contributed by atoms with Gasteiger partial charge in [-0.2, -0.15) is 5.10 Å². The first kappa shape index (κ1) is 19.4. The molecule has 8 nitrogen and oxygen atoms in total. The average Bonchev–Trinajstić information content (AvgIpc) is 3.30. The van der Waals surface area contributed by atoms with Crippen LogP contribution in [0.25, 0.3) is 0 Å². The predicted molar refractivity (Wildman–Crippen MR) is 107 cm³/mol. The summed E-state index contributed by atoms with van der Waals surface area (Å²) in [5.41, 5.74) is 2.35. The van der Waals surface area contributed by atoms with Crippen LogP contribution in [-0.2, 0) is 29.6 Å². The van der Waals surface area contributed by atoms with Gasteiger partial charge in [0.15, 0.2) is 0 Å². The molecular formula is C20H32N6O2. The van der Waals surface area contributed by atoms with Crippen molar-refractivity contribution in [2.75, 3.05) is 37.8 Å². The highest BCUT2D eigenvalue weighted by Gasteiger charge is 2.31. The lowest BCUT2D eigenvalue weighted by atomic mass is 10.0. The van der Waals surface area contributed by atoms with E-state index in [9.17, 15) is 0 Å². The Balaban J connectivity index is 1.51. The van der Waals surface area contributed by atoms with Gasteiger partial charge in [0.1, 0.15) is 17.7 Å². The number of rotatable bonds is 6. The molecule has 2 saturated heterocycles. The number of hydrogen-bond acceptors (Lipinski definition) is 6. The van der Waals surface area contributed by atoms with Gasteiger partial charge in [0, 0.05) is 63.8 Å². The molecule has 0 aromatic carbocycles. The number of nitrogens with one attached hydrogen (secondary N) is 1. The van der Waals surface area contributed by atoms with Crippen LogP contribution < -0.4 is 10.2 Å². The minimum absolute atomic E-state index is 0.00693. The van der Waals surface area contributed by atoms with Crippen molar-refractivity contribution >= 4 is 5.82 Å². The lowest BCUT2D eigenvalue weighted by Gasteiger charge is -2.33. The van der Waals surface area contributed by atoms with Crippen molar-refractivity contribution in [2.24, 2.45) is 7.05 Å². The molecule has 1 N–H and O–H groups in total. The largest absolute Gasteiger partial charge is 0.378 e. The summed E-state index contributed by atoms with van der Waals surface area (Å²) in [5, 5.41) is 8.46. The van der Waals surface area contributed by atoms with Gasteiger partial charge in [-0.05, 0) is 26.7 Å². The molecule has 0 radical (unpaired) electrons. The Bertz CT molecular complexity index is 780. The Kier molecular flexibility index (Phi) is 5.99. The van der Waals surface area contributed by atoms with Crippen LogP contribution in [0.2, 0.25) is 0 Å². The Morgan fingerprint density at radius 2 is 2.07 bits per heavy atom. The van der Waals surface area contributed by atoms with Gasteiger partial charge in [-0.15, -0.1) is 0 Å². The standard InChI is InChI=1S/C20H32N6O2/c1-4-25-8-7-21-19(25)18-17(6-5-11-28-18)22-14-16-15(2)23-24(3)20(16)26-9-12-27-13-10-26/h7-8,17-18,22H,4-6,9-14H2,1-3H3/t17-,18-/m0/s1. The van der Waals surface area contributed by atoms with E-state index in [0.717, 1.165) is 70.4 Å². The summed E-state index contributed by atoms with van der Waals surface area (Å²) in [7, 11) is 2.03. The minimum Gasteiger partial charge on any atom is -0.378 e. The second-order valence-corrected chi connectivity index (χ2v) is 7.60. The van der Waals surface area contributed by atoms with E-state index in [1.165, 1.54) is 11.4 Å². The van der Waals surface area contributed by atoms with Gasteiger partial charge < -0.3 is 24.3 Å². The molecule has 2 atom stereocenters. The summed E-state index contributed by atoms with van der Waals surface area (Å²) in [4.78, 5) is 6.98. The second-order valence-electron chi connectivity index (χ2n) is 7.60. The average molecular weight is 389 g/mol. The molecule has 28 heavy (non-hydrogen) atoms. The molecular weight excluding hydrogens is 356 g/mol. The number of anilines is 1. The maximum Gasteiger partial charge on any atom is 0.139 e. The highest BCUT2D eigenvalue weighted by atomic mass is 16.5. The number of morpholine rings is 1. The maximum atomic E-state index is 6.15. The van der Waals surface area contributed by atoms with Crippen LogP contribution in [0.5, 0.6) is 0 Å². The number of aryl methyl sites for hydroxylation is 3. The van der Waals surface area contributed by atoms with Crippen molar-refractivity contribution in [3.63, 3.8) is 0 Å². The normalized spacial score (nSPS) is 23.3. The molecule has 154 valence electrons. The molecule has 0 bridgehead atoms. The fourth-order valence-electron chi connectivity index (χ4n) is 4.39. The van der Waals surface area contributed by atoms with Crippen LogP contribution in [-0.4, -0.2) is 58.3 Å². The van der Waals surface area contributed by atoms with E-state index < -0.39 is 0 Å². The van der Waals surface area contributed by atoms with Gasteiger partial charge in [0.05, 0.1) is 18.9 Å². The van der Waals surface area contributed by atoms with Crippen LogP contribution in [0.3, 0.4) is 0 Å². The van der Waals surface area contributed by atoms with Crippen LogP contribution >= 0.6 is 0 Å². The highest BCUT2D eigenvalue weighted by Crippen LogP contribution is 2.29. The molecule has 2 aromatic rings. The monoisotopic (exact) mass is 388 g/mol. The molecule has 4 rings (SSSR count). The third-order valence-electron chi connectivity index (χ3n) is 5.83. The zero-order valence-electron chi connectivity index (χ0n) is 17.2. The number of ether oxygens (including phenoxy) is 2. The van der Waals surface area contributed by atoms with Gasteiger partial charge in [0.25, 0.3) is 0 Å². The zero-order chi connectivity index (χ0) is 19.5. The lowest BCUT2D eigenvalue weighted by molar-refractivity contribution is -0.0182. The minimum atomic E-state index is -0.00693. The molecule has 8 heteroatoms. The summed E-state index contributed by atoms with van der Waals surface area (Å²) in [6.07, 6.45) is 6.06. The first-order chi connectivity index (χ1) is 13.7. The molecule has 2 aromatic heterocycles. The van der Waals surface area contributed by atoms with E-state index in [1.807, 2.05) is 24.1 Å². The van der Waals surface area contributed by atoms with Crippen molar-refractivity contribution < 1.29 is 9.47 Å². The summed E-state index contributed by atoms with van der Waals surface area (Å²) < 4.78 is 15.9. The van der Waals surface area contributed by atoms with E-state index in [-0.39, 0.29) is 12.1 Å². The molecule has 0 aliphatic carbocycles. The molecule has 2 fully saturated rings.